The van der Waals surface area contributed by atoms with E-state index in [9.17, 15) is 5.11 Å². The molecule has 0 saturated carbocycles. The van der Waals surface area contributed by atoms with Crippen LogP contribution in [0.1, 0.15) is 11.1 Å². The fraction of sp³-hybridized carbons (Fsp3) is 0.235. The van der Waals surface area contributed by atoms with Crippen LogP contribution in [-0.4, -0.2) is 16.3 Å². The van der Waals surface area contributed by atoms with Crippen molar-refractivity contribution in [1.82, 2.24) is 4.57 Å². The van der Waals surface area contributed by atoms with Crippen LogP contribution in [0.15, 0.2) is 54.9 Å². The lowest BCUT2D eigenvalue weighted by atomic mass is 10.1. The number of aliphatic hydroxyl groups excluding tert-OH is 1. The normalized spacial score (nSPS) is 11.1. The zero-order valence-electron chi connectivity index (χ0n) is 11.7. The summed E-state index contributed by atoms with van der Waals surface area (Å²) in [6, 6.07) is 16.8. The first-order chi connectivity index (χ1) is 9.79. The van der Waals surface area contributed by atoms with Gasteiger partial charge in [-0.2, -0.15) is 0 Å². The van der Waals surface area contributed by atoms with Gasteiger partial charge in [0.15, 0.2) is 11.0 Å². The van der Waals surface area contributed by atoms with Crippen LogP contribution in [0.5, 0.6) is 0 Å². The van der Waals surface area contributed by atoms with E-state index in [0.29, 0.717) is 6.54 Å². The predicted molar refractivity (Wildman–Crippen MR) is 79.5 cm³/mol. The third kappa shape index (κ3) is 2.32. The number of aliphatic hydroxyl groups is 1. The third-order valence-corrected chi connectivity index (χ3v) is 3.72. The first kappa shape index (κ1) is 12.9. The van der Waals surface area contributed by atoms with Gasteiger partial charge in [0.1, 0.15) is 13.1 Å². The molecule has 102 valence electrons. The minimum absolute atomic E-state index is 0.156. The van der Waals surface area contributed by atoms with Crippen molar-refractivity contribution in [2.24, 2.45) is 0 Å². The van der Waals surface area contributed by atoms with Crippen LogP contribution in [0.2, 0.25) is 0 Å². The molecule has 0 bridgehead atoms. The molecule has 3 rings (SSSR count). The number of para-hydroxylation sites is 2. The standard InChI is InChI=1S/C17H19N2O/c1-14-6-2-3-7-15(14)12-19-13-18(10-11-20)16-8-4-5-9-17(16)19/h2-9,13,20H,10-12H2,1H3/q+1. The highest BCUT2D eigenvalue weighted by Gasteiger charge is 2.15. The summed E-state index contributed by atoms with van der Waals surface area (Å²) in [7, 11) is 0. The van der Waals surface area contributed by atoms with Crippen molar-refractivity contribution in [1.29, 1.82) is 0 Å². The van der Waals surface area contributed by atoms with Crippen LogP contribution < -0.4 is 4.57 Å². The van der Waals surface area contributed by atoms with E-state index >= 15 is 0 Å². The second-order valence-corrected chi connectivity index (χ2v) is 5.08. The van der Waals surface area contributed by atoms with Gasteiger partial charge in [0.2, 0.25) is 6.33 Å². The second-order valence-electron chi connectivity index (χ2n) is 5.08. The Bertz CT molecular complexity index is 731. The van der Waals surface area contributed by atoms with Gasteiger partial charge in [0.05, 0.1) is 6.61 Å². The second kappa shape index (κ2) is 5.47. The summed E-state index contributed by atoms with van der Waals surface area (Å²) in [5.41, 5.74) is 4.99. The molecule has 1 heterocycles. The number of hydrogen-bond donors (Lipinski definition) is 1. The topological polar surface area (TPSA) is 29.0 Å². The van der Waals surface area contributed by atoms with Crippen LogP contribution in [0.4, 0.5) is 0 Å². The predicted octanol–water partition coefficient (Wildman–Crippen LogP) is 2.28. The number of aromatic nitrogens is 2. The van der Waals surface area contributed by atoms with E-state index in [0.717, 1.165) is 12.1 Å². The van der Waals surface area contributed by atoms with Gasteiger partial charge in [0.25, 0.3) is 0 Å². The number of rotatable bonds is 4. The number of imidazole rings is 1. The van der Waals surface area contributed by atoms with E-state index in [-0.39, 0.29) is 6.61 Å². The van der Waals surface area contributed by atoms with Crippen molar-refractivity contribution in [3.05, 3.63) is 66.0 Å². The van der Waals surface area contributed by atoms with Gasteiger partial charge in [-0.15, -0.1) is 0 Å². The van der Waals surface area contributed by atoms with Crippen molar-refractivity contribution >= 4 is 11.0 Å². The monoisotopic (exact) mass is 267 g/mol. The zero-order valence-corrected chi connectivity index (χ0v) is 11.7. The first-order valence-electron chi connectivity index (χ1n) is 6.92. The summed E-state index contributed by atoms with van der Waals surface area (Å²) in [5.74, 6) is 0. The largest absolute Gasteiger partial charge is 0.392 e. The van der Waals surface area contributed by atoms with Gasteiger partial charge >= 0.3 is 0 Å². The van der Waals surface area contributed by atoms with Crippen LogP contribution in [0.25, 0.3) is 11.0 Å². The molecular weight excluding hydrogens is 248 g/mol. The van der Waals surface area contributed by atoms with Crippen molar-refractivity contribution < 1.29 is 9.67 Å². The Hall–Kier alpha value is -2.13. The van der Waals surface area contributed by atoms with Crippen LogP contribution in [-0.2, 0) is 13.1 Å². The molecule has 0 radical (unpaired) electrons. The summed E-state index contributed by atoms with van der Waals surface area (Å²) < 4.78 is 4.35. The van der Waals surface area contributed by atoms with Gasteiger partial charge in [0, 0.05) is 0 Å². The van der Waals surface area contributed by atoms with Crippen LogP contribution >= 0.6 is 0 Å². The van der Waals surface area contributed by atoms with Crippen molar-refractivity contribution in [2.75, 3.05) is 6.61 Å². The average Bonchev–Trinajstić information content (AvgIpc) is 2.81. The van der Waals surface area contributed by atoms with Crippen molar-refractivity contribution in [3.8, 4) is 0 Å². The molecule has 0 fully saturated rings. The Morgan fingerprint density at radius 2 is 1.80 bits per heavy atom. The van der Waals surface area contributed by atoms with E-state index in [1.54, 1.807) is 0 Å². The van der Waals surface area contributed by atoms with Crippen molar-refractivity contribution in [2.45, 2.75) is 20.0 Å². The van der Waals surface area contributed by atoms with E-state index in [1.165, 1.54) is 16.6 Å². The molecule has 0 aliphatic rings. The van der Waals surface area contributed by atoms with Gasteiger partial charge < -0.3 is 5.11 Å². The Morgan fingerprint density at radius 3 is 2.60 bits per heavy atom. The lowest BCUT2D eigenvalue weighted by molar-refractivity contribution is -0.663. The molecule has 0 spiro atoms. The molecular formula is C17H19N2O+. The van der Waals surface area contributed by atoms with Gasteiger partial charge in [-0.05, 0) is 30.2 Å². The molecule has 3 heteroatoms. The molecule has 20 heavy (non-hydrogen) atoms. The number of benzene rings is 2. The molecule has 0 aliphatic carbocycles. The lowest BCUT2D eigenvalue weighted by Crippen LogP contribution is -2.33. The third-order valence-electron chi connectivity index (χ3n) is 3.72. The fourth-order valence-corrected chi connectivity index (χ4v) is 2.63. The Kier molecular flexibility index (Phi) is 3.52. The maximum atomic E-state index is 9.19. The Labute approximate surface area is 118 Å². The summed E-state index contributed by atoms with van der Waals surface area (Å²) in [6.45, 7) is 3.78. The van der Waals surface area contributed by atoms with E-state index in [4.69, 9.17) is 0 Å². The van der Waals surface area contributed by atoms with Crippen LogP contribution in [0.3, 0.4) is 0 Å². The maximum absolute atomic E-state index is 9.19. The molecule has 0 saturated heterocycles. The summed E-state index contributed by atoms with van der Waals surface area (Å²) in [5, 5.41) is 9.19. The van der Waals surface area contributed by atoms with Crippen molar-refractivity contribution in [3.63, 3.8) is 0 Å². The lowest BCUT2D eigenvalue weighted by Gasteiger charge is -2.02. The van der Waals surface area contributed by atoms with Gasteiger partial charge in [-0.3, -0.25) is 0 Å². The van der Waals surface area contributed by atoms with E-state index < -0.39 is 0 Å². The Balaban J connectivity index is 2.05. The van der Waals surface area contributed by atoms with Gasteiger partial charge in [-0.25, -0.2) is 9.13 Å². The molecule has 0 atom stereocenters. The highest BCUT2D eigenvalue weighted by atomic mass is 16.3. The molecule has 1 aromatic heterocycles. The van der Waals surface area contributed by atoms with Crippen LogP contribution in [0, 0.1) is 6.92 Å². The maximum Gasteiger partial charge on any atom is 0.245 e. The molecule has 0 aliphatic heterocycles. The molecule has 0 unspecified atom stereocenters. The number of nitrogens with zero attached hydrogens (tertiary/aromatic N) is 2. The average molecular weight is 267 g/mol. The fourth-order valence-electron chi connectivity index (χ4n) is 2.63. The minimum atomic E-state index is 0.156. The number of hydrogen-bond acceptors (Lipinski definition) is 1. The molecule has 0 amide bonds. The highest BCUT2D eigenvalue weighted by Crippen LogP contribution is 2.13. The first-order valence-corrected chi connectivity index (χ1v) is 6.92. The molecule has 2 aromatic carbocycles. The summed E-state index contributed by atoms with van der Waals surface area (Å²) in [4.78, 5) is 0. The highest BCUT2D eigenvalue weighted by molar-refractivity contribution is 5.71. The number of fused-ring (bicyclic) bond motifs is 1. The van der Waals surface area contributed by atoms with E-state index in [2.05, 4.69) is 64.8 Å². The minimum Gasteiger partial charge on any atom is -0.392 e. The number of aryl methyl sites for hydroxylation is 1. The summed E-state index contributed by atoms with van der Waals surface area (Å²) in [6.07, 6.45) is 2.09. The molecule has 3 nitrogen and oxygen atoms in total. The van der Waals surface area contributed by atoms with E-state index in [1.807, 2.05) is 6.07 Å². The summed E-state index contributed by atoms with van der Waals surface area (Å²) >= 11 is 0. The zero-order chi connectivity index (χ0) is 13.9. The molecule has 1 N–H and O–H groups in total. The van der Waals surface area contributed by atoms with Gasteiger partial charge in [-0.1, -0.05) is 36.4 Å². The smallest absolute Gasteiger partial charge is 0.245 e. The molecule has 3 aromatic rings. The quantitative estimate of drug-likeness (QED) is 0.722. The SMILES string of the molecule is Cc1ccccc1C[n+]1cn(CCO)c2ccccc21. The Morgan fingerprint density at radius 1 is 1.05 bits per heavy atom.